The molecule has 1 saturated heterocycles. The molecule has 22 heavy (non-hydrogen) atoms. The fourth-order valence-corrected chi connectivity index (χ4v) is 4.89. The topological polar surface area (TPSA) is 54.5 Å². The number of aryl methyl sites for hydroxylation is 1. The Bertz CT molecular complexity index is 719. The Kier molecular flexibility index (Phi) is 3.95. The molecule has 0 amide bonds. The van der Waals surface area contributed by atoms with Gasteiger partial charge < -0.3 is 0 Å². The number of allylic oxidation sites excluding steroid dienone is 1. The highest BCUT2D eigenvalue weighted by Gasteiger charge is 2.41. The quantitative estimate of drug-likeness (QED) is 0.860. The summed E-state index contributed by atoms with van der Waals surface area (Å²) in [4.78, 5) is 12.3. The molecule has 0 saturated carbocycles. The lowest BCUT2D eigenvalue weighted by Crippen LogP contribution is -2.29. The third-order valence-electron chi connectivity index (χ3n) is 4.72. The molecule has 1 aliphatic carbocycles. The summed E-state index contributed by atoms with van der Waals surface area (Å²) in [5.74, 6) is 0.481. The molecule has 0 radical (unpaired) electrons. The van der Waals surface area contributed by atoms with Gasteiger partial charge in [-0.25, -0.2) is 8.42 Å². The van der Waals surface area contributed by atoms with Crippen LogP contribution in [0.1, 0.15) is 25.3 Å². The van der Waals surface area contributed by atoms with Gasteiger partial charge in [0.25, 0.3) is 0 Å². The van der Waals surface area contributed by atoms with Crippen molar-refractivity contribution >= 4 is 15.8 Å². The minimum absolute atomic E-state index is 0.128. The van der Waals surface area contributed by atoms with Crippen molar-refractivity contribution in [3.05, 3.63) is 41.5 Å². The van der Waals surface area contributed by atoms with Crippen molar-refractivity contribution in [3.8, 4) is 0 Å². The van der Waals surface area contributed by atoms with Crippen LogP contribution in [-0.4, -0.2) is 31.6 Å². The first-order chi connectivity index (χ1) is 10.4. The third kappa shape index (κ3) is 2.63. The van der Waals surface area contributed by atoms with E-state index in [1.54, 1.807) is 12.1 Å². The van der Waals surface area contributed by atoms with Crippen LogP contribution in [0, 0.1) is 18.8 Å². The van der Waals surface area contributed by atoms with E-state index < -0.39 is 10.0 Å². The van der Waals surface area contributed by atoms with E-state index in [0.717, 1.165) is 17.6 Å². The van der Waals surface area contributed by atoms with E-state index in [2.05, 4.69) is 0 Å². The highest BCUT2D eigenvalue weighted by Crippen LogP contribution is 2.36. The Morgan fingerprint density at radius 2 is 1.86 bits per heavy atom. The van der Waals surface area contributed by atoms with Crippen LogP contribution in [0.5, 0.6) is 0 Å². The number of carbonyl (C=O) groups excluding carboxylic acids is 1. The maximum Gasteiger partial charge on any atom is 0.243 e. The minimum atomic E-state index is -3.46. The lowest BCUT2D eigenvalue weighted by Gasteiger charge is -2.21. The molecule has 0 bridgehead atoms. The first-order valence-corrected chi connectivity index (χ1v) is 9.16. The van der Waals surface area contributed by atoms with Crippen LogP contribution in [0.3, 0.4) is 0 Å². The highest BCUT2D eigenvalue weighted by atomic mass is 32.2. The van der Waals surface area contributed by atoms with Crippen LogP contribution in [-0.2, 0) is 14.8 Å². The zero-order valence-corrected chi connectivity index (χ0v) is 13.8. The Morgan fingerprint density at radius 3 is 2.50 bits per heavy atom. The second-order valence-electron chi connectivity index (χ2n) is 6.23. The second kappa shape index (κ2) is 5.63. The van der Waals surface area contributed by atoms with Crippen LogP contribution in [0.2, 0.25) is 0 Å². The summed E-state index contributed by atoms with van der Waals surface area (Å²) in [6.07, 6.45) is 3.21. The first kappa shape index (κ1) is 15.4. The average Bonchev–Trinajstić information content (AvgIpc) is 2.90. The fourth-order valence-electron chi connectivity index (χ4n) is 3.35. The number of hydrogen-bond acceptors (Lipinski definition) is 3. The van der Waals surface area contributed by atoms with Crippen molar-refractivity contribution in [2.24, 2.45) is 11.8 Å². The number of carbonyl (C=O) groups is 1. The second-order valence-corrected chi connectivity index (χ2v) is 8.17. The molecular formula is C17H21NO3S. The van der Waals surface area contributed by atoms with Gasteiger partial charge in [-0.2, -0.15) is 4.31 Å². The van der Waals surface area contributed by atoms with Crippen molar-refractivity contribution in [2.75, 3.05) is 13.1 Å². The number of sulfonamides is 1. The van der Waals surface area contributed by atoms with E-state index >= 15 is 0 Å². The standard InChI is InChI=1S/C17H21NO3S/c1-3-13-8-14-10-18(11-15(14)9-17(13)19)22(20,21)16-6-4-12(2)5-7-16/h4-8,14-15H,3,9-11H2,1-2H3/t14-,15+/m0/s1. The van der Waals surface area contributed by atoms with Crippen molar-refractivity contribution in [2.45, 2.75) is 31.6 Å². The molecule has 118 valence electrons. The molecular weight excluding hydrogens is 298 g/mol. The lowest BCUT2D eigenvalue weighted by molar-refractivity contribution is -0.117. The van der Waals surface area contributed by atoms with Crippen molar-refractivity contribution in [3.63, 3.8) is 0 Å². The van der Waals surface area contributed by atoms with E-state index in [9.17, 15) is 13.2 Å². The fraction of sp³-hybridized carbons (Fsp3) is 0.471. The van der Waals surface area contributed by atoms with E-state index in [4.69, 9.17) is 0 Å². The van der Waals surface area contributed by atoms with Crippen molar-refractivity contribution in [1.82, 2.24) is 4.31 Å². The summed E-state index contributed by atoms with van der Waals surface area (Å²) in [7, 11) is -3.46. The Morgan fingerprint density at radius 1 is 1.18 bits per heavy atom. The smallest absolute Gasteiger partial charge is 0.243 e. The summed E-state index contributed by atoms with van der Waals surface area (Å²) in [6, 6.07) is 6.94. The van der Waals surface area contributed by atoms with Crippen LogP contribution in [0.15, 0.2) is 40.8 Å². The predicted molar refractivity (Wildman–Crippen MR) is 84.9 cm³/mol. The SMILES string of the molecule is CCC1=C[C@H]2CN(S(=O)(=O)c3ccc(C)cc3)C[C@H]2CC1=O. The zero-order chi connectivity index (χ0) is 15.9. The first-order valence-electron chi connectivity index (χ1n) is 7.72. The van der Waals surface area contributed by atoms with Gasteiger partial charge in [-0.05, 0) is 42.9 Å². The molecule has 1 heterocycles. The number of hydrogen-bond donors (Lipinski definition) is 0. The van der Waals surface area contributed by atoms with E-state index in [0.29, 0.717) is 24.4 Å². The average molecular weight is 319 g/mol. The summed E-state index contributed by atoms with van der Waals surface area (Å²) in [6.45, 7) is 4.83. The molecule has 0 spiro atoms. The Balaban J connectivity index is 1.85. The van der Waals surface area contributed by atoms with Gasteiger partial charge in [0.05, 0.1) is 4.90 Å². The maximum atomic E-state index is 12.7. The van der Waals surface area contributed by atoms with Crippen LogP contribution in [0.4, 0.5) is 0 Å². The monoisotopic (exact) mass is 319 g/mol. The maximum absolute atomic E-state index is 12.7. The van der Waals surface area contributed by atoms with Gasteiger partial charge >= 0.3 is 0 Å². The number of ketones is 1. The van der Waals surface area contributed by atoms with Gasteiger partial charge in [0.15, 0.2) is 5.78 Å². The summed E-state index contributed by atoms with van der Waals surface area (Å²) in [5.41, 5.74) is 1.89. The van der Waals surface area contributed by atoms with Crippen molar-refractivity contribution < 1.29 is 13.2 Å². The predicted octanol–water partition coefficient (Wildman–Crippen LogP) is 2.54. The van der Waals surface area contributed by atoms with Gasteiger partial charge in [0.2, 0.25) is 10.0 Å². The molecule has 1 aromatic rings. The number of Topliss-reactive ketones (excluding diaryl/α,β-unsaturated/α-hetero) is 1. The van der Waals surface area contributed by atoms with Gasteiger partial charge in [0.1, 0.15) is 0 Å². The molecule has 5 heteroatoms. The molecule has 3 rings (SSSR count). The number of rotatable bonds is 3. The Labute approximate surface area is 131 Å². The Hall–Kier alpha value is -1.46. The van der Waals surface area contributed by atoms with Gasteiger partial charge in [-0.15, -0.1) is 0 Å². The van der Waals surface area contributed by atoms with E-state index in [1.165, 1.54) is 4.31 Å². The largest absolute Gasteiger partial charge is 0.295 e. The van der Waals surface area contributed by atoms with E-state index in [-0.39, 0.29) is 17.6 Å². The molecule has 1 aromatic carbocycles. The molecule has 0 unspecified atom stereocenters. The van der Waals surface area contributed by atoms with Gasteiger partial charge in [-0.3, -0.25) is 4.79 Å². The zero-order valence-electron chi connectivity index (χ0n) is 13.0. The van der Waals surface area contributed by atoms with Gasteiger partial charge in [-0.1, -0.05) is 30.7 Å². The van der Waals surface area contributed by atoms with E-state index in [1.807, 2.05) is 32.1 Å². The summed E-state index contributed by atoms with van der Waals surface area (Å²) >= 11 is 0. The van der Waals surface area contributed by atoms with Gasteiger partial charge in [0, 0.05) is 19.5 Å². The van der Waals surface area contributed by atoms with Crippen LogP contribution in [0.25, 0.3) is 0 Å². The summed E-state index contributed by atoms with van der Waals surface area (Å²) < 4.78 is 27.0. The molecule has 0 N–H and O–H groups in total. The molecule has 1 fully saturated rings. The number of nitrogens with zero attached hydrogens (tertiary/aromatic N) is 1. The third-order valence-corrected chi connectivity index (χ3v) is 6.56. The lowest BCUT2D eigenvalue weighted by atomic mass is 9.82. The van der Waals surface area contributed by atoms with Crippen LogP contribution < -0.4 is 0 Å². The van der Waals surface area contributed by atoms with Crippen molar-refractivity contribution in [1.29, 1.82) is 0 Å². The molecule has 2 atom stereocenters. The minimum Gasteiger partial charge on any atom is -0.295 e. The molecule has 2 aliphatic rings. The summed E-state index contributed by atoms with van der Waals surface area (Å²) in [5, 5.41) is 0. The number of benzene rings is 1. The molecule has 0 aromatic heterocycles. The number of fused-ring (bicyclic) bond motifs is 1. The molecule has 4 nitrogen and oxygen atoms in total. The normalized spacial score (nSPS) is 25.9. The molecule has 1 aliphatic heterocycles. The van der Waals surface area contributed by atoms with Crippen LogP contribution >= 0.6 is 0 Å². The highest BCUT2D eigenvalue weighted by molar-refractivity contribution is 7.89.